The van der Waals surface area contributed by atoms with E-state index in [1.165, 1.54) is 72.0 Å². The molecular weight excluding hydrogens is 589 g/mol. The van der Waals surface area contributed by atoms with E-state index in [1.807, 2.05) is 0 Å². The van der Waals surface area contributed by atoms with Gasteiger partial charge in [0.1, 0.15) is 11.6 Å². The Morgan fingerprint density at radius 3 is 2.10 bits per heavy atom. The average molecular weight is 635 g/mol. The highest BCUT2D eigenvalue weighted by Crippen LogP contribution is 2.61. The molecule has 4 heterocycles. The molecule has 0 radical (unpaired) electrons. The summed E-state index contributed by atoms with van der Waals surface area (Å²) in [5.74, 6) is 6.47. The summed E-state index contributed by atoms with van der Waals surface area (Å²) in [4.78, 5) is 17.4. The molecular formula is C42H46N6. The van der Waals surface area contributed by atoms with Gasteiger partial charge in [0.15, 0.2) is 0 Å². The Balaban J connectivity index is 1.00. The fourth-order valence-corrected chi connectivity index (χ4v) is 11.0. The number of hydrogen-bond donors (Lipinski definition) is 4. The maximum absolute atomic E-state index is 5.01. The molecule has 2 saturated carbocycles. The number of H-pyrrole nitrogens is 2. The zero-order chi connectivity index (χ0) is 31.7. The fourth-order valence-electron chi connectivity index (χ4n) is 11.0. The van der Waals surface area contributed by atoms with Crippen molar-refractivity contribution in [3.05, 3.63) is 82.6 Å². The predicted octanol–water partition coefficient (Wildman–Crippen LogP) is 9.04. The van der Waals surface area contributed by atoms with Crippen LogP contribution in [0.4, 0.5) is 0 Å². The molecule has 48 heavy (non-hydrogen) atoms. The van der Waals surface area contributed by atoms with Gasteiger partial charge in [0.05, 0.1) is 35.0 Å². The maximum atomic E-state index is 5.01. The first-order valence-electron chi connectivity index (χ1n) is 18.9. The largest absolute Gasteiger partial charge is 0.341 e. The summed E-state index contributed by atoms with van der Waals surface area (Å²) in [6.45, 7) is 6.80. The summed E-state index contributed by atoms with van der Waals surface area (Å²) in [5, 5.41) is 7.33. The first-order chi connectivity index (χ1) is 23.6. The molecule has 5 aromatic rings. The van der Waals surface area contributed by atoms with E-state index in [0.717, 1.165) is 54.5 Å². The van der Waals surface area contributed by atoms with Gasteiger partial charge in [-0.1, -0.05) is 44.2 Å². The van der Waals surface area contributed by atoms with Gasteiger partial charge in [-0.05, 0) is 157 Å². The summed E-state index contributed by atoms with van der Waals surface area (Å²) in [6, 6.07) is 17.5. The Morgan fingerprint density at radius 1 is 0.667 bits per heavy atom. The van der Waals surface area contributed by atoms with Crippen LogP contribution in [0.5, 0.6) is 0 Å². The van der Waals surface area contributed by atoms with Crippen molar-refractivity contribution < 1.29 is 0 Å². The van der Waals surface area contributed by atoms with Crippen LogP contribution in [0.1, 0.15) is 123 Å². The summed E-state index contributed by atoms with van der Waals surface area (Å²) in [6.07, 6.45) is 12.3. The number of imidazole rings is 2. The third-order valence-corrected chi connectivity index (χ3v) is 13.5. The maximum Gasteiger partial charge on any atom is 0.124 e. The SMILES string of the molecule is C[C@@H]1CN[C@H](c2ncc(-c3ccc(-c4ccc(-c5ccc6nc([C@@H]7C[C@H](C)CN7)[nH]c6c5)c5c4C4CCC5C4)c4c3CC3CCC43)[nH]2)C1. The van der Waals surface area contributed by atoms with Crippen LogP contribution >= 0.6 is 0 Å². The lowest BCUT2D eigenvalue weighted by molar-refractivity contribution is 0.281. The number of fused-ring (bicyclic) bond motifs is 9. The molecule has 4 unspecified atom stereocenters. The second-order valence-corrected chi connectivity index (χ2v) is 16.5. The molecule has 4 fully saturated rings. The molecule has 6 nitrogen and oxygen atoms in total. The van der Waals surface area contributed by atoms with Gasteiger partial charge in [-0.15, -0.1) is 0 Å². The first kappa shape index (κ1) is 28.1. The Bertz CT molecular complexity index is 2100. The third kappa shape index (κ3) is 4.11. The Morgan fingerprint density at radius 2 is 1.38 bits per heavy atom. The van der Waals surface area contributed by atoms with Gasteiger partial charge >= 0.3 is 0 Å². The Kier molecular flexibility index (Phi) is 6.09. The van der Waals surface area contributed by atoms with Gasteiger partial charge in [-0.3, -0.25) is 0 Å². The number of aromatic nitrogens is 4. The highest BCUT2D eigenvalue weighted by atomic mass is 15.1. The van der Waals surface area contributed by atoms with Crippen LogP contribution in [0, 0.1) is 17.8 Å². The van der Waals surface area contributed by atoms with Gasteiger partial charge in [-0.2, -0.15) is 0 Å². The molecule has 0 spiro atoms. The van der Waals surface area contributed by atoms with Crippen molar-refractivity contribution in [3.63, 3.8) is 0 Å². The average Bonchev–Trinajstić information content (AvgIpc) is 3.93. The van der Waals surface area contributed by atoms with Crippen molar-refractivity contribution in [3.8, 4) is 33.5 Å². The molecule has 8 atom stereocenters. The lowest BCUT2D eigenvalue weighted by Gasteiger charge is -2.32. The van der Waals surface area contributed by atoms with Crippen LogP contribution in [-0.4, -0.2) is 33.0 Å². The minimum absolute atomic E-state index is 0.335. The van der Waals surface area contributed by atoms with Crippen molar-refractivity contribution in [1.82, 2.24) is 30.6 Å². The van der Waals surface area contributed by atoms with E-state index in [9.17, 15) is 0 Å². The number of rotatable bonds is 5. The summed E-state index contributed by atoms with van der Waals surface area (Å²) in [5.41, 5.74) is 17.2. The second-order valence-electron chi connectivity index (χ2n) is 16.5. The van der Waals surface area contributed by atoms with Crippen molar-refractivity contribution in [2.45, 2.75) is 95.1 Å². The second kappa shape index (κ2) is 10.4. The topological polar surface area (TPSA) is 81.4 Å². The van der Waals surface area contributed by atoms with Gasteiger partial charge in [0.2, 0.25) is 0 Å². The Labute approximate surface area is 283 Å². The highest BCUT2D eigenvalue weighted by Gasteiger charge is 2.45. The van der Waals surface area contributed by atoms with Gasteiger partial charge in [-0.25, -0.2) is 9.97 Å². The van der Waals surface area contributed by atoms with Crippen LogP contribution in [0.2, 0.25) is 0 Å². The monoisotopic (exact) mass is 634 g/mol. The highest BCUT2D eigenvalue weighted by molar-refractivity contribution is 5.88. The van der Waals surface area contributed by atoms with Crippen LogP contribution in [0.15, 0.2) is 48.7 Å². The normalized spacial score (nSPS) is 31.4. The van der Waals surface area contributed by atoms with E-state index in [-0.39, 0.29) is 0 Å². The van der Waals surface area contributed by atoms with Crippen LogP contribution in [0.25, 0.3) is 44.5 Å². The lowest BCUT2D eigenvalue weighted by Crippen LogP contribution is -2.19. The van der Waals surface area contributed by atoms with Gasteiger partial charge in [0.25, 0.3) is 0 Å². The molecule has 6 aliphatic rings. The molecule has 6 heteroatoms. The number of benzene rings is 3. The predicted molar refractivity (Wildman–Crippen MR) is 192 cm³/mol. The number of nitrogens with one attached hydrogen (secondary N) is 4. The third-order valence-electron chi connectivity index (χ3n) is 13.5. The fraction of sp³-hybridized carbons (Fsp3) is 0.476. The van der Waals surface area contributed by atoms with Gasteiger partial charge in [0, 0.05) is 5.56 Å². The quantitative estimate of drug-likeness (QED) is 0.156. The molecule has 2 bridgehead atoms. The molecule has 0 amide bonds. The Hall–Kier alpha value is -3.74. The van der Waals surface area contributed by atoms with Crippen LogP contribution < -0.4 is 10.6 Å². The molecule has 11 rings (SSSR count). The first-order valence-corrected chi connectivity index (χ1v) is 18.9. The van der Waals surface area contributed by atoms with E-state index in [0.29, 0.717) is 41.7 Å². The van der Waals surface area contributed by atoms with Gasteiger partial charge < -0.3 is 20.6 Å². The van der Waals surface area contributed by atoms with E-state index in [4.69, 9.17) is 9.97 Å². The van der Waals surface area contributed by atoms with Crippen molar-refractivity contribution >= 4 is 11.0 Å². The summed E-state index contributed by atoms with van der Waals surface area (Å²) < 4.78 is 0. The van der Waals surface area contributed by atoms with E-state index in [2.05, 4.69) is 83.1 Å². The zero-order valence-electron chi connectivity index (χ0n) is 28.2. The van der Waals surface area contributed by atoms with Crippen LogP contribution in [0.3, 0.4) is 0 Å². The number of hydrogen-bond acceptors (Lipinski definition) is 4. The zero-order valence-corrected chi connectivity index (χ0v) is 28.2. The van der Waals surface area contributed by atoms with Crippen molar-refractivity contribution in [1.29, 1.82) is 0 Å². The summed E-state index contributed by atoms with van der Waals surface area (Å²) in [7, 11) is 0. The minimum atomic E-state index is 0.335. The van der Waals surface area contributed by atoms with Crippen molar-refractivity contribution in [2.24, 2.45) is 17.8 Å². The molecule has 2 aliphatic heterocycles. The summed E-state index contributed by atoms with van der Waals surface area (Å²) >= 11 is 0. The molecule has 2 aromatic heterocycles. The minimum Gasteiger partial charge on any atom is -0.341 e. The smallest absolute Gasteiger partial charge is 0.124 e. The molecule has 2 saturated heterocycles. The number of nitrogens with zero attached hydrogens (tertiary/aromatic N) is 2. The standard InChI is InChI=1S/C42H46N6/c1-21-13-35(43-18-21)41-45-20-37(48-41)29-9-11-31(40-28-7-5-23(28)16-32(29)40)30-10-8-27(38-25-3-4-26(15-25)39(30)38)24-6-12-33-34(17-24)47-42(46-33)36-14-22(2)19-44-36/h6,8-12,17,20-23,25-26,28,35-36,43-44H,3-5,7,13-16,18-19H2,1-2H3,(H,45,48)(H,46,47)/t21-,22-,23?,25?,26?,28?,35-,36-/m0/s1. The van der Waals surface area contributed by atoms with E-state index < -0.39 is 0 Å². The molecule has 4 aliphatic carbocycles. The van der Waals surface area contributed by atoms with Crippen molar-refractivity contribution in [2.75, 3.05) is 13.1 Å². The molecule has 3 aromatic carbocycles. The van der Waals surface area contributed by atoms with E-state index in [1.54, 1.807) is 22.3 Å². The molecule has 4 N–H and O–H groups in total. The van der Waals surface area contributed by atoms with E-state index >= 15 is 0 Å². The lowest BCUT2D eigenvalue weighted by atomic mass is 9.72. The van der Waals surface area contributed by atoms with Crippen LogP contribution in [-0.2, 0) is 6.42 Å². The molecule has 244 valence electrons. The number of aromatic amines is 2.